The number of rotatable bonds is 9. The van der Waals surface area contributed by atoms with Gasteiger partial charge in [-0.15, -0.1) is 0 Å². The molecule has 0 saturated heterocycles. The number of aryl methyl sites for hydroxylation is 1. The summed E-state index contributed by atoms with van der Waals surface area (Å²) in [5, 5.41) is 2.72. The molecule has 0 bridgehead atoms. The average molecular weight is 453 g/mol. The molecular formula is C25H28N2O6. The first-order valence-corrected chi connectivity index (χ1v) is 10.6. The van der Waals surface area contributed by atoms with Crippen LogP contribution in [0.25, 0.3) is 11.5 Å². The molecule has 1 amide bonds. The number of benzene rings is 2. The van der Waals surface area contributed by atoms with Crippen LogP contribution in [0.3, 0.4) is 0 Å². The molecule has 2 aromatic carbocycles. The molecule has 0 atom stereocenters. The van der Waals surface area contributed by atoms with Gasteiger partial charge in [0.2, 0.25) is 5.89 Å². The summed E-state index contributed by atoms with van der Waals surface area (Å²) in [6, 6.07) is 16.6. The van der Waals surface area contributed by atoms with Gasteiger partial charge in [0.15, 0.2) is 5.60 Å². The first kappa shape index (κ1) is 23.8. The molecule has 0 radical (unpaired) electrons. The van der Waals surface area contributed by atoms with E-state index < -0.39 is 17.7 Å². The Morgan fingerprint density at radius 3 is 2.58 bits per heavy atom. The lowest BCUT2D eigenvalue weighted by atomic mass is 10.1. The molecule has 0 aliphatic carbocycles. The van der Waals surface area contributed by atoms with Crippen molar-refractivity contribution in [3.8, 4) is 17.2 Å². The average Bonchev–Trinajstić information content (AvgIpc) is 3.18. The lowest BCUT2D eigenvalue weighted by Gasteiger charge is -2.23. The number of esters is 1. The van der Waals surface area contributed by atoms with Gasteiger partial charge in [-0.3, -0.25) is 0 Å². The molecule has 0 fully saturated rings. The minimum absolute atomic E-state index is 0.0584. The van der Waals surface area contributed by atoms with Crippen molar-refractivity contribution in [2.75, 3.05) is 13.7 Å². The van der Waals surface area contributed by atoms with E-state index in [2.05, 4.69) is 10.3 Å². The van der Waals surface area contributed by atoms with E-state index in [9.17, 15) is 9.59 Å². The highest BCUT2D eigenvalue weighted by atomic mass is 16.6. The molecule has 0 aliphatic rings. The number of oxazole rings is 1. The van der Waals surface area contributed by atoms with Gasteiger partial charge in [0.25, 0.3) is 0 Å². The summed E-state index contributed by atoms with van der Waals surface area (Å²) in [5.41, 5.74) is 1.28. The second-order valence-corrected chi connectivity index (χ2v) is 7.89. The van der Waals surface area contributed by atoms with E-state index in [1.165, 1.54) is 7.11 Å². The third kappa shape index (κ3) is 6.58. The number of nitrogens with zero attached hydrogens (tertiary/aromatic N) is 1. The smallest absolute Gasteiger partial charge is 0.407 e. The van der Waals surface area contributed by atoms with Gasteiger partial charge in [-0.25, -0.2) is 14.6 Å². The number of nitrogens with one attached hydrogen (secondary N) is 1. The van der Waals surface area contributed by atoms with E-state index in [1.807, 2.05) is 37.3 Å². The zero-order chi connectivity index (χ0) is 23.8. The second-order valence-electron chi connectivity index (χ2n) is 7.89. The first-order chi connectivity index (χ1) is 15.8. The number of amides is 1. The molecule has 0 unspecified atom stereocenters. The largest absolute Gasteiger partial charge is 0.476 e. The summed E-state index contributed by atoms with van der Waals surface area (Å²) < 4.78 is 21.5. The van der Waals surface area contributed by atoms with E-state index >= 15 is 0 Å². The summed E-state index contributed by atoms with van der Waals surface area (Å²) in [5.74, 6) is 1.27. The van der Waals surface area contributed by atoms with E-state index in [-0.39, 0.29) is 6.61 Å². The number of carbonyl (C=O) groups excluding carboxylic acids is 2. The van der Waals surface area contributed by atoms with Crippen molar-refractivity contribution < 1.29 is 28.2 Å². The van der Waals surface area contributed by atoms with Crippen molar-refractivity contribution in [3.05, 3.63) is 71.6 Å². The number of hydrogen-bond donors (Lipinski definition) is 1. The molecule has 1 N–H and O–H groups in total. The number of aromatic nitrogens is 1. The maximum Gasteiger partial charge on any atom is 0.407 e. The van der Waals surface area contributed by atoms with Crippen molar-refractivity contribution in [1.29, 1.82) is 0 Å². The van der Waals surface area contributed by atoms with Gasteiger partial charge in [0.05, 0.1) is 12.8 Å². The normalized spacial score (nSPS) is 11.0. The van der Waals surface area contributed by atoms with Gasteiger partial charge in [-0.2, -0.15) is 0 Å². The molecule has 1 heterocycles. The summed E-state index contributed by atoms with van der Waals surface area (Å²) in [6.45, 7) is 5.51. The molecule has 1 aromatic heterocycles. The zero-order valence-electron chi connectivity index (χ0n) is 19.2. The molecule has 0 saturated carbocycles. The van der Waals surface area contributed by atoms with Gasteiger partial charge in [0.1, 0.15) is 18.1 Å². The Balaban J connectivity index is 1.47. The molecular weight excluding hydrogens is 424 g/mol. The van der Waals surface area contributed by atoms with Crippen LogP contribution in [0.5, 0.6) is 5.75 Å². The molecule has 8 nitrogen and oxygen atoms in total. The van der Waals surface area contributed by atoms with Crippen molar-refractivity contribution in [2.24, 2.45) is 0 Å². The number of methoxy groups -OCH3 is 1. The van der Waals surface area contributed by atoms with Crippen LogP contribution in [0.2, 0.25) is 0 Å². The SMILES string of the molecule is COC(=O)C(C)(C)Oc1cccc(COC(=O)NCCc2nc(-c3ccccc3)oc2C)c1. The Kier molecular flexibility index (Phi) is 7.71. The zero-order valence-corrected chi connectivity index (χ0v) is 19.2. The predicted molar refractivity (Wildman–Crippen MR) is 122 cm³/mol. The van der Waals surface area contributed by atoms with Crippen LogP contribution in [0.4, 0.5) is 4.79 Å². The highest BCUT2D eigenvalue weighted by Gasteiger charge is 2.31. The van der Waals surface area contributed by atoms with Crippen molar-refractivity contribution >= 4 is 12.1 Å². The monoisotopic (exact) mass is 452 g/mol. The molecule has 33 heavy (non-hydrogen) atoms. The summed E-state index contributed by atoms with van der Waals surface area (Å²) in [4.78, 5) is 28.4. The van der Waals surface area contributed by atoms with E-state index in [0.29, 0.717) is 24.6 Å². The topological polar surface area (TPSA) is 99.9 Å². The van der Waals surface area contributed by atoms with E-state index in [0.717, 1.165) is 22.6 Å². The van der Waals surface area contributed by atoms with Crippen LogP contribution in [-0.4, -0.2) is 36.3 Å². The van der Waals surface area contributed by atoms with Gasteiger partial charge in [-0.05, 0) is 50.6 Å². The van der Waals surface area contributed by atoms with Crippen LogP contribution in [0.1, 0.15) is 30.9 Å². The summed E-state index contributed by atoms with van der Waals surface area (Å²) in [7, 11) is 1.31. The maximum absolute atomic E-state index is 12.1. The lowest BCUT2D eigenvalue weighted by molar-refractivity contribution is -0.156. The fraction of sp³-hybridized carbons (Fsp3) is 0.320. The van der Waals surface area contributed by atoms with E-state index in [4.69, 9.17) is 18.6 Å². The Labute approximate surface area is 192 Å². The number of ether oxygens (including phenoxy) is 3. The van der Waals surface area contributed by atoms with Crippen LogP contribution in [0.15, 0.2) is 59.0 Å². The lowest BCUT2D eigenvalue weighted by Crippen LogP contribution is -2.39. The summed E-state index contributed by atoms with van der Waals surface area (Å²) in [6.07, 6.45) is -0.0240. The number of alkyl carbamates (subject to hydrolysis) is 1. The fourth-order valence-corrected chi connectivity index (χ4v) is 3.13. The molecule has 0 aliphatic heterocycles. The highest BCUT2D eigenvalue weighted by Crippen LogP contribution is 2.22. The molecule has 0 spiro atoms. The fourth-order valence-electron chi connectivity index (χ4n) is 3.13. The Morgan fingerprint density at radius 1 is 1.09 bits per heavy atom. The predicted octanol–water partition coefficient (Wildman–Crippen LogP) is 4.45. The van der Waals surface area contributed by atoms with Gasteiger partial charge in [-0.1, -0.05) is 30.3 Å². The Morgan fingerprint density at radius 2 is 1.85 bits per heavy atom. The van der Waals surface area contributed by atoms with Crippen LogP contribution in [-0.2, 0) is 27.3 Å². The van der Waals surface area contributed by atoms with Crippen LogP contribution < -0.4 is 10.1 Å². The van der Waals surface area contributed by atoms with Crippen LogP contribution in [0, 0.1) is 6.92 Å². The Hall–Kier alpha value is -3.81. The van der Waals surface area contributed by atoms with E-state index in [1.54, 1.807) is 38.1 Å². The second kappa shape index (κ2) is 10.7. The number of hydrogen-bond acceptors (Lipinski definition) is 7. The molecule has 3 aromatic rings. The maximum atomic E-state index is 12.1. The van der Waals surface area contributed by atoms with Gasteiger partial charge < -0.3 is 23.9 Å². The molecule has 3 rings (SSSR count). The summed E-state index contributed by atoms with van der Waals surface area (Å²) >= 11 is 0. The standard InChI is InChI=1S/C25H28N2O6/c1-17-21(27-22(32-17)19-10-6-5-7-11-19)13-14-26-24(29)31-16-18-9-8-12-20(15-18)33-25(2,3)23(28)30-4/h5-12,15H,13-14,16H2,1-4H3,(H,26,29). The minimum atomic E-state index is -1.13. The van der Waals surface area contributed by atoms with Crippen LogP contribution >= 0.6 is 0 Å². The number of carbonyl (C=O) groups is 2. The minimum Gasteiger partial charge on any atom is -0.476 e. The van der Waals surface area contributed by atoms with Crippen molar-refractivity contribution in [3.63, 3.8) is 0 Å². The Bertz CT molecular complexity index is 1090. The highest BCUT2D eigenvalue weighted by molar-refractivity contribution is 5.78. The third-order valence-corrected chi connectivity index (χ3v) is 4.86. The third-order valence-electron chi connectivity index (χ3n) is 4.86. The quantitative estimate of drug-likeness (QED) is 0.479. The van der Waals surface area contributed by atoms with Crippen molar-refractivity contribution in [2.45, 2.75) is 39.4 Å². The van der Waals surface area contributed by atoms with Gasteiger partial charge >= 0.3 is 12.1 Å². The van der Waals surface area contributed by atoms with Crippen molar-refractivity contribution in [1.82, 2.24) is 10.3 Å². The first-order valence-electron chi connectivity index (χ1n) is 10.6. The van der Waals surface area contributed by atoms with Gasteiger partial charge in [0, 0.05) is 18.5 Å². The molecule has 174 valence electrons. The molecule has 8 heteroatoms.